The minimum absolute atomic E-state index is 0.111. The number of nitrogens with one attached hydrogen (secondary N) is 2. The van der Waals surface area contributed by atoms with Crippen LogP contribution in [-0.2, 0) is 4.79 Å². The van der Waals surface area contributed by atoms with Crippen molar-refractivity contribution in [1.82, 2.24) is 10.7 Å². The fourth-order valence-electron chi connectivity index (χ4n) is 1.22. The van der Waals surface area contributed by atoms with Crippen LogP contribution in [0.3, 0.4) is 0 Å². The van der Waals surface area contributed by atoms with Gasteiger partial charge in [-0.15, -0.1) is 5.10 Å². The van der Waals surface area contributed by atoms with Gasteiger partial charge in [0.05, 0.1) is 0 Å². The molecular formula is C9H23N7O. The van der Waals surface area contributed by atoms with Gasteiger partial charge in [0.2, 0.25) is 11.9 Å². The minimum Gasteiger partial charge on any atom is -0.369 e. The minimum atomic E-state index is -0.463. The summed E-state index contributed by atoms with van der Waals surface area (Å²) in [4.78, 5) is 11.7. The molecule has 17 heavy (non-hydrogen) atoms. The van der Waals surface area contributed by atoms with Gasteiger partial charge in [0.15, 0.2) is 0 Å². The van der Waals surface area contributed by atoms with Crippen molar-refractivity contribution in [2.75, 3.05) is 19.6 Å². The number of carbonyl (C=O) groups is 1. The van der Waals surface area contributed by atoms with Gasteiger partial charge in [0.1, 0.15) is 6.04 Å². The molecule has 0 radical (unpaired) electrons. The van der Waals surface area contributed by atoms with Crippen LogP contribution in [0.2, 0.25) is 0 Å². The topological polar surface area (TPSA) is 158 Å². The van der Waals surface area contributed by atoms with Crippen molar-refractivity contribution in [3.05, 3.63) is 0 Å². The summed E-state index contributed by atoms with van der Waals surface area (Å²) < 4.78 is 0. The molecule has 0 saturated heterocycles. The summed E-state index contributed by atoms with van der Waals surface area (Å²) >= 11 is 0. The maximum absolute atomic E-state index is 11.7. The van der Waals surface area contributed by atoms with E-state index in [1.54, 1.807) is 0 Å². The van der Waals surface area contributed by atoms with E-state index in [0.29, 0.717) is 26.1 Å². The summed E-state index contributed by atoms with van der Waals surface area (Å²) in [5, 5.41) is 6.31. The molecule has 1 amide bonds. The average molecular weight is 245 g/mol. The largest absolute Gasteiger partial charge is 0.369 e. The molecule has 0 heterocycles. The maximum atomic E-state index is 11.7. The Morgan fingerprint density at radius 1 is 1.18 bits per heavy atom. The van der Waals surface area contributed by atoms with Gasteiger partial charge >= 0.3 is 0 Å². The van der Waals surface area contributed by atoms with Crippen molar-refractivity contribution in [3.63, 3.8) is 0 Å². The molecule has 0 aromatic carbocycles. The third-order valence-corrected chi connectivity index (χ3v) is 2.06. The first-order valence-corrected chi connectivity index (χ1v) is 5.63. The van der Waals surface area contributed by atoms with Crippen LogP contribution in [0.1, 0.15) is 19.3 Å². The molecular weight excluding hydrogens is 222 g/mol. The van der Waals surface area contributed by atoms with E-state index in [9.17, 15) is 4.79 Å². The lowest BCUT2D eigenvalue weighted by atomic mass is 10.1. The molecule has 0 aliphatic heterocycles. The SMILES string of the molecule is NCCCC[C@H](NN=C(N)N)C(=O)NCCN. The van der Waals surface area contributed by atoms with Crippen molar-refractivity contribution >= 4 is 11.9 Å². The fourth-order valence-corrected chi connectivity index (χ4v) is 1.22. The van der Waals surface area contributed by atoms with Crippen molar-refractivity contribution in [2.45, 2.75) is 25.3 Å². The molecule has 0 aliphatic carbocycles. The number of hydrogen-bond donors (Lipinski definition) is 6. The Kier molecular flexibility index (Phi) is 8.79. The molecule has 0 bridgehead atoms. The molecule has 0 rings (SSSR count). The van der Waals surface area contributed by atoms with Crippen molar-refractivity contribution in [2.24, 2.45) is 28.0 Å². The van der Waals surface area contributed by atoms with Crippen LogP contribution in [0.4, 0.5) is 0 Å². The molecule has 0 aliphatic rings. The number of hydrogen-bond acceptors (Lipinski definition) is 5. The van der Waals surface area contributed by atoms with Gasteiger partial charge in [-0.3, -0.25) is 10.2 Å². The second kappa shape index (κ2) is 9.67. The quantitative estimate of drug-likeness (QED) is 0.113. The van der Waals surface area contributed by atoms with Gasteiger partial charge in [-0.2, -0.15) is 0 Å². The van der Waals surface area contributed by atoms with Crippen LogP contribution in [0, 0.1) is 0 Å². The van der Waals surface area contributed by atoms with Crippen molar-refractivity contribution in [3.8, 4) is 0 Å². The van der Waals surface area contributed by atoms with E-state index < -0.39 is 6.04 Å². The first-order chi connectivity index (χ1) is 8.11. The lowest BCUT2D eigenvalue weighted by molar-refractivity contribution is -0.123. The van der Waals surface area contributed by atoms with Crippen LogP contribution in [0.15, 0.2) is 5.10 Å². The molecule has 8 heteroatoms. The predicted octanol–water partition coefficient (Wildman–Crippen LogP) is -2.66. The summed E-state index contributed by atoms with van der Waals surface area (Å²) in [6.45, 7) is 1.42. The number of hydrazone groups is 1. The number of amides is 1. The predicted molar refractivity (Wildman–Crippen MR) is 67.7 cm³/mol. The van der Waals surface area contributed by atoms with Gasteiger partial charge in [0.25, 0.3) is 0 Å². The Morgan fingerprint density at radius 2 is 1.88 bits per heavy atom. The highest BCUT2D eigenvalue weighted by Gasteiger charge is 2.16. The van der Waals surface area contributed by atoms with Crippen LogP contribution in [-0.4, -0.2) is 37.5 Å². The Morgan fingerprint density at radius 3 is 2.41 bits per heavy atom. The lowest BCUT2D eigenvalue weighted by Gasteiger charge is -2.16. The van der Waals surface area contributed by atoms with Crippen LogP contribution >= 0.6 is 0 Å². The van der Waals surface area contributed by atoms with Gasteiger partial charge in [-0.1, -0.05) is 0 Å². The first kappa shape index (κ1) is 15.5. The van der Waals surface area contributed by atoms with E-state index in [0.717, 1.165) is 12.8 Å². The second-order valence-electron chi connectivity index (χ2n) is 3.58. The maximum Gasteiger partial charge on any atom is 0.244 e. The monoisotopic (exact) mass is 245 g/mol. The van der Waals surface area contributed by atoms with Gasteiger partial charge < -0.3 is 28.3 Å². The van der Waals surface area contributed by atoms with Gasteiger partial charge in [0, 0.05) is 13.1 Å². The molecule has 0 saturated carbocycles. The zero-order valence-corrected chi connectivity index (χ0v) is 9.98. The molecule has 0 fully saturated rings. The standard InChI is InChI=1S/C9H23N7O/c10-4-2-1-3-7(15-16-9(12)13)8(17)14-6-5-11/h7,15H,1-6,10-11H2,(H,14,17)(H4,12,13,16)/t7-/m0/s1. The molecule has 1 atom stereocenters. The number of unbranched alkanes of at least 4 members (excludes halogenated alkanes) is 1. The summed E-state index contributed by atoms with van der Waals surface area (Å²) in [6, 6.07) is -0.463. The van der Waals surface area contributed by atoms with E-state index in [1.165, 1.54) is 0 Å². The summed E-state index contributed by atoms with van der Waals surface area (Å²) in [5.41, 5.74) is 23.7. The zero-order valence-electron chi connectivity index (χ0n) is 9.98. The van der Waals surface area contributed by atoms with E-state index in [1.807, 2.05) is 0 Å². The molecule has 0 aromatic heterocycles. The Labute approximate surface area is 101 Å². The number of rotatable bonds is 9. The van der Waals surface area contributed by atoms with E-state index in [2.05, 4.69) is 15.8 Å². The highest BCUT2D eigenvalue weighted by atomic mass is 16.2. The first-order valence-electron chi connectivity index (χ1n) is 5.63. The third kappa shape index (κ3) is 8.29. The Balaban J connectivity index is 4.17. The van der Waals surface area contributed by atoms with Crippen LogP contribution in [0.5, 0.6) is 0 Å². The smallest absolute Gasteiger partial charge is 0.244 e. The molecule has 0 unspecified atom stereocenters. The molecule has 100 valence electrons. The summed E-state index contributed by atoms with van der Waals surface area (Å²) in [7, 11) is 0. The molecule has 0 spiro atoms. The molecule has 8 nitrogen and oxygen atoms in total. The third-order valence-electron chi connectivity index (χ3n) is 2.06. The fraction of sp³-hybridized carbons (Fsp3) is 0.778. The summed E-state index contributed by atoms with van der Waals surface area (Å²) in [6.07, 6.45) is 2.29. The summed E-state index contributed by atoms with van der Waals surface area (Å²) in [5.74, 6) is -0.280. The van der Waals surface area contributed by atoms with Crippen LogP contribution < -0.4 is 33.7 Å². The van der Waals surface area contributed by atoms with Crippen molar-refractivity contribution < 1.29 is 4.79 Å². The number of guanidine groups is 1. The Hall–Kier alpha value is -1.54. The van der Waals surface area contributed by atoms with E-state index >= 15 is 0 Å². The Bertz CT molecular complexity index is 239. The molecule has 0 aromatic rings. The number of nitrogens with two attached hydrogens (primary N) is 4. The highest BCUT2D eigenvalue weighted by molar-refractivity contribution is 5.82. The van der Waals surface area contributed by atoms with Gasteiger partial charge in [-0.05, 0) is 25.8 Å². The zero-order chi connectivity index (χ0) is 13.1. The normalized spacial score (nSPS) is 11.6. The molecule has 10 N–H and O–H groups in total. The van der Waals surface area contributed by atoms with E-state index in [-0.39, 0.29) is 11.9 Å². The lowest BCUT2D eigenvalue weighted by Crippen LogP contribution is -2.44. The highest BCUT2D eigenvalue weighted by Crippen LogP contribution is 2.00. The average Bonchev–Trinajstić information content (AvgIpc) is 2.30. The van der Waals surface area contributed by atoms with Crippen molar-refractivity contribution in [1.29, 1.82) is 0 Å². The van der Waals surface area contributed by atoms with E-state index in [4.69, 9.17) is 22.9 Å². The number of carbonyl (C=O) groups excluding carboxylic acids is 1. The number of nitrogens with zero attached hydrogens (tertiary/aromatic N) is 1. The van der Waals surface area contributed by atoms with Gasteiger partial charge in [-0.25, -0.2) is 0 Å². The second-order valence-corrected chi connectivity index (χ2v) is 3.58. The van der Waals surface area contributed by atoms with Crippen LogP contribution in [0.25, 0.3) is 0 Å².